The van der Waals surface area contributed by atoms with Crippen LogP contribution in [-0.4, -0.2) is 8.42 Å². The second kappa shape index (κ2) is 3.21. The summed E-state index contributed by atoms with van der Waals surface area (Å²) >= 11 is 0. The van der Waals surface area contributed by atoms with Crippen molar-refractivity contribution in [3.63, 3.8) is 0 Å². The van der Waals surface area contributed by atoms with Gasteiger partial charge in [0.1, 0.15) is 5.76 Å². The molecule has 0 radical (unpaired) electrons. The first-order valence-corrected chi connectivity index (χ1v) is 5.32. The maximum absolute atomic E-state index is 10.4. The summed E-state index contributed by atoms with van der Waals surface area (Å²) < 4.78 is 25.7. The minimum atomic E-state index is -3.76. The standard InChI is InChI=1S/C7H5ClO3S/c1-6-2-3-7(11-6)4-5-12(8,9)10/h2-3H,1H3. The van der Waals surface area contributed by atoms with Gasteiger partial charge in [-0.3, -0.25) is 0 Å². The molecule has 0 saturated carbocycles. The lowest BCUT2D eigenvalue weighted by Crippen LogP contribution is -1.79. The second-order valence-corrected chi connectivity index (χ2v) is 4.37. The van der Waals surface area contributed by atoms with Crippen molar-refractivity contribution in [2.75, 3.05) is 0 Å². The van der Waals surface area contributed by atoms with Gasteiger partial charge in [-0.05, 0) is 25.0 Å². The molecule has 12 heavy (non-hydrogen) atoms. The van der Waals surface area contributed by atoms with E-state index in [0.717, 1.165) is 0 Å². The van der Waals surface area contributed by atoms with Gasteiger partial charge in [-0.15, -0.1) is 0 Å². The molecule has 0 fully saturated rings. The second-order valence-electron chi connectivity index (χ2n) is 2.08. The summed E-state index contributed by atoms with van der Waals surface area (Å²) in [5, 5.41) is 1.85. The highest BCUT2D eigenvalue weighted by Gasteiger charge is 1.97. The van der Waals surface area contributed by atoms with Crippen molar-refractivity contribution in [1.29, 1.82) is 0 Å². The zero-order chi connectivity index (χ0) is 9.19. The Morgan fingerprint density at radius 2 is 2.17 bits per heavy atom. The summed E-state index contributed by atoms with van der Waals surface area (Å²) in [7, 11) is 1.08. The average molecular weight is 205 g/mol. The van der Waals surface area contributed by atoms with Crippen LogP contribution in [0, 0.1) is 18.1 Å². The fourth-order valence-electron chi connectivity index (χ4n) is 0.613. The maximum atomic E-state index is 10.4. The largest absolute Gasteiger partial charge is 0.453 e. The van der Waals surface area contributed by atoms with Crippen LogP contribution in [0.5, 0.6) is 0 Å². The van der Waals surface area contributed by atoms with Crippen LogP contribution in [0.1, 0.15) is 11.5 Å². The van der Waals surface area contributed by atoms with Crippen molar-refractivity contribution in [3.05, 3.63) is 23.7 Å². The van der Waals surface area contributed by atoms with Crippen molar-refractivity contribution in [2.24, 2.45) is 0 Å². The Bertz CT molecular complexity index is 433. The Morgan fingerprint density at radius 1 is 1.50 bits per heavy atom. The van der Waals surface area contributed by atoms with Gasteiger partial charge in [0, 0.05) is 10.7 Å². The van der Waals surface area contributed by atoms with Crippen LogP contribution in [0.3, 0.4) is 0 Å². The monoisotopic (exact) mass is 204 g/mol. The fourth-order valence-corrected chi connectivity index (χ4v) is 0.951. The number of hydrogen-bond acceptors (Lipinski definition) is 3. The van der Waals surface area contributed by atoms with E-state index in [2.05, 4.69) is 5.92 Å². The number of furan rings is 1. The Morgan fingerprint density at radius 3 is 2.58 bits per heavy atom. The third kappa shape index (κ3) is 2.99. The highest BCUT2D eigenvalue weighted by atomic mass is 35.7. The van der Waals surface area contributed by atoms with Crippen molar-refractivity contribution >= 4 is 19.7 Å². The van der Waals surface area contributed by atoms with Gasteiger partial charge in [0.15, 0.2) is 5.76 Å². The van der Waals surface area contributed by atoms with Crippen LogP contribution >= 0.6 is 10.7 Å². The van der Waals surface area contributed by atoms with Crippen LogP contribution in [0.15, 0.2) is 16.5 Å². The van der Waals surface area contributed by atoms with Crippen molar-refractivity contribution in [3.8, 4) is 11.2 Å². The van der Waals surface area contributed by atoms with Gasteiger partial charge >= 0.3 is 9.05 Å². The highest BCUT2D eigenvalue weighted by Crippen LogP contribution is 2.04. The Kier molecular flexibility index (Phi) is 2.46. The molecule has 1 aromatic rings. The molecule has 1 rings (SSSR count). The molecule has 3 nitrogen and oxygen atoms in total. The van der Waals surface area contributed by atoms with E-state index >= 15 is 0 Å². The van der Waals surface area contributed by atoms with E-state index in [9.17, 15) is 8.42 Å². The molecule has 0 N–H and O–H groups in total. The summed E-state index contributed by atoms with van der Waals surface area (Å²) in [6.45, 7) is 1.74. The third-order valence-electron chi connectivity index (χ3n) is 1.04. The van der Waals surface area contributed by atoms with Gasteiger partial charge in [0.2, 0.25) is 0 Å². The molecule has 5 heteroatoms. The first-order chi connectivity index (χ1) is 5.47. The topological polar surface area (TPSA) is 47.3 Å². The molecule has 0 unspecified atom stereocenters. The summed E-state index contributed by atoms with van der Waals surface area (Å²) in [6.07, 6.45) is 0. The number of aryl methyl sites for hydroxylation is 1. The smallest absolute Gasteiger partial charge is 0.301 e. The van der Waals surface area contributed by atoms with Crippen LogP contribution < -0.4 is 0 Å². The molecule has 0 atom stereocenters. The van der Waals surface area contributed by atoms with E-state index in [1.54, 1.807) is 19.1 Å². The number of hydrogen-bond donors (Lipinski definition) is 0. The van der Waals surface area contributed by atoms with E-state index in [1.165, 1.54) is 0 Å². The predicted octanol–water partition coefficient (Wildman–Crippen LogP) is 1.47. The quantitative estimate of drug-likeness (QED) is 0.475. The first-order valence-electron chi connectivity index (χ1n) is 3.01. The Balaban J connectivity index is 2.95. The van der Waals surface area contributed by atoms with Crippen LogP contribution in [0.25, 0.3) is 0 Å². The van der Waals surface area contributed by atoms with E-state index in [1.807, 2.05) is 5.25 Å². The lowest BCUT2D eigenvalue weighted by Gasteiger charge is -1.78. The Hall–Kier alpha value is -0.920. The van der Waals surface area contributed by atoms with Crippen LogP contribution in [-0.2, 0) is 9.05 Å². The van der Waals surface area contributed by atoms with Gasteiger partial charge in [-0.1, -0.05) is 0 Å². The van der Waals surface area contributed by atoms with E-state index in [4.69, 9.17) is 15.1 Å². The summed E-state index contributed by atoms with van der Waals surface area (Å²) in [6, 6.07) is 3.26. The van der Waals surface area contributed by atoms with Crippen LogP contribution in [0.2, 0.25) is 0 Å². The van der Waals surface area contributed by atoms with Crippen molar-refractivity contribution < 1.29 is 12.8 Å². The Labute approximate surface area is 74.8 Å². The van der Waals surface area contributed by atoms with Gasteiger partial charge < -0.3 is 4.42 Å². The molecule has 0 saturated heterocycles. The molecule has 0 aliphatic carbocycles. The lowest BCUT2D eigenvalue weighted by atomic mass is 10.4. The fraction of sp³-hybridized carbons (Fsp3) is 0.143. The van der Waals surface area contributed by atoms with Gasteiger partial charge in [-0.2, -0.15) is 8.42 Å². The molecule has 1 aromatic heterocycles. The third-order valence-corrected chi connectivity index (χ3v) is 1.61. The summed E-state index contributed by atoms with van der Waals surface area (Å²) in [4.78, 5) is 0. The minimum absolute atomic E-state index is 0.289. The average Bonchev–Trinajstić information content (AvgIpc) is 2.30. The van der Waals surface area contributed by atoms with Gasteiger partial charge in [0.05, 0.1) is 5.25 Å². The molecule has 0 aliphatic rings. The van der Waals surface area contributed by atoms with Crippen LogP contribution in [0.4, 0.5) is 0 Å². The number of halogens is 1. The van der Waals surface area contributed by atoms with Crippen molar-refractivity contribution in [2.45, 2.75) is 6.92 Å². The van der Waals surface area contributed by atoms with Gasteiger partial charge in [-0.25, -0.2) is 0 Å². The molecule has 1 heterocycles. The predicted molar refractivity (Wildman–Crippen MR) is 45.1 cm³/mol. The molecule has 0 bridgehead atoms. The lowest BCUT2D eigenvalue weighted by molar-refractivity contribution is 0.522. The maximum Gasteiger partial charge on any atom is 0.301 e. The van der Waals surface area contributed by atoms with Gasteiger partial charge in [0.25, 0.3) is 0 Å². The molecule has 0 aliphatic heterocycles. The number of rotatable bonds is 0. The zero-order valence-electron chi connectivity index (χ0n) is 6.17. The minimum Gasteiger partial charge on any atom is -0.453 e. The zero-order valence-corrected chi connectivity index (χ0v) is 7.74. The highest BCUT2D eigenvalue weighted by molar-refractivity contribution is 8.17. The van der Waals surface area contributed by atoms with Crippen molar-refractivity contribution in [1.82, 2.24) is 0 Å². The molecule has 0 spiro atoms. The first kappa shape index (κ1) is 9.17. The molecular formula is C7H5ClO3S. The molecule has 0 aromatic carbocycles. The molecule has 64 valence electrons. The van der Waals surface area contributed by atoms with E-state index < -0.39 is 9.05 Å². The molecule has 0 amide bonds. The van der Waals surface area contributed by atoms with E-state index in [-0.39, 0.29) is 5.76 Å². The SMILES string of the molecule is Cc1ccc(C#CS(=O)(=O)Cl)o1. The molecular weight excluding hydrogens is 200 g/mol. The normalized spacial score (nSPS) is 10.5. The summed E-state index contributed by atoms with van der Waals surface area (Å²) in [5.74, 6) is 3.23. The van der Waals surface area contributed by atoms with E-state index in [0.29, 0.717) is 5.76 Å². The summed E-state index contributed by atoms with van der Waals surface area (Å²) in [5.41, 5.74) is 0.